The molecule has 3 aromatic carbocycles. The topological polar surface area (TPSA) is 58.6 Å². The third kappa shape index (κ3) is 4.84. The Labute approximate surface area is 201 Å². The number of anilines is 1. The molecule has 1 N–H and O–H groups in total. The minimum Gasteiger partial charge on any atom is -0.488 e. The first-order valence-electron chi connectivity index (χ1n) is 9.67. The van der Waals surface area contributed by atoms with Crippen LogP contribution in [-0.2, 0) is 16.2 Å². The van der Waals surface area contributed by atoms with E-state index in [-0.39, 0.29) is 28.8 Å². The summed E-state index contributed by atoms with van der Waals surface area (Å²) in [5.74, 6) is -2.00. The van der Waals surface area contributed by atoms with Gasteiger partial charge in [0.2, 0.25) is 0 Å². The van der Waals surface area contributed by atoms with Crippen LogP contribution < -0.4 is 15.0 Å². The number of hydrogen-bond acceptors (Lipinski definition) is 4. The number of rotatable bonds is 5. The van der Waals surface area contributed by atoms with Crippen LogP contribution in [0.3, 0.4) is 0 Å². The molecule has 0 aliphatic carbocycles. The van der Waals surface area contributed by atoms with Gasteiger partial charge in [0, 0.05) is 5.56 Å². The van der Waals surface area contributed by atoms with E-state index in [1.54, 1.807) is 42.5 Å². The zero-order valence-corrected chi connectivity index (χ0v) is 19.3. The van der Waals surface area contributed by atoms with Gasteiger partial charge in [-0.15, -0.1) is 0 Å². The molecule has 9 heteroatoms. The maximum Gasteiger partial charge on any atom is 0.270 e. The van der Waals surface area contributed by atoms with Crippen molar-refractivity contribution in [3.8, 4) is 5.75 Å². The fourth-order valence-electron chi connectivity index (χ4n) is 3.17. The normalized spacial score (nSPS) is 15.1. The van der Waals surface area contributed by atoms with Gasteiger partial charge in [-0.1, -0.05) is 36.4 Å². The lowest BCUT2D eigenvalue weighted by Crippen LogP contribution is -2.54. The first kappa shape index (κ1) is 22.8. The maximum atomic E-state index is 14.3. The van der Waals surface area contributed by atoms with E-state index in [1.807, 2.05) is 0 Å². The molecule has 1 fully saturated rings. The van der Waals surface area contributed by atoms with E-state index in [4.69, 9.17) is 17.0 Å². The van der Waals surface area contributed by atoms with Crippen molar-refractivity contribution in [1.29, 1.82) is 0 Å². The second-order valence-electron chi connectivity index (χ2n) is 6.98. The number of benzene rings is 3. The van der Waals surface area contributed by atoms with Crippen LogP contribution in [-0.4, -0.2) is 16.9 Å². The molecule has 166 valence electrons. The fraction of sp³-hybridized carbons (Fsp3) is 0.0417. The molecule has 2 amide bonds. The van der Waals surface area contributed by atoms with Crippen LogP contribution in [0.15, 0.2) is 76.8 Å². The summed E-state index contributed by atoms with van der Waals surface area (Å²) >= 11 is 8.47. The Kier molecular flexibility index (Phi) is 6.62. The summed E-state index contributed by atoms with van der Waals surface area (Å²) in [4.78, 5) is 26.4. The van der Waals surface area contributed by atoms with Gasteiger partial charge in [0.25, 0.3) is 11.8 Å². The molecule has 5 nitrogen and oxygen atoms in total. The Hall–Kier alpha value is -3.43. The van der Waals surface area contributed by atoms with E-state index in [0.29, 0.717) is 21.3 Å². The summed E-state index contributed by atoms with van der Waals surface area (Å²) in [6.07, 6.45) is 1.37. The molecule has 0 bridgehead atoms. The second-order valence-corrected chi connectivity index (χ2v) is 8.22. The quantitative estimate of drug-likeness (QED) is 0.283. The lowest BCUT2D eigenvalue weighted by atomic mass is 10.1. The van der Waals surface area contributed by atoms with Crippen LogP contribution >= 0.6 is 28.1 Å². The number of carbonyl (C=O) groups is 2. The number of ether oxygens (including phenoxy) is 1. The summed E-state index contributed by atoms with van der Waals surface area (Å²) in [7, 11) is 0. The smallest absolute Gasteiger partial charge is 0.270 e. The van der Waals surface area contributed by atoms with Gasteiger partial charge in [-0.3, -0.25) is 14.9 Å². The average Bonchev–Trinajstić information content (AvgIpc) is 2.78. The highest BCUT2D eigenvalue weighted by Crippen LogP contribution is 2.29. The molecule has 33 heavy (non-hydrogen) atoms. The van der Waals surface area contributed by atoms with Gasteiger partial charge >= 0.3 is 0 Å². The average molecular weight is 529 g/mol. The first-order valence-corrected chi connectivity index (χ1v) is 10.9. The largest absolute Gasteiger partial charge is 0.488 e. The van der Waals surface area contributed by atoms with Gasteiger partial charge in [-0.2, -0.15) is 0 Å². The highest BCUT2D eigenvalue weighted by Gasteiger charge is 2.35. The number of halogens is 3. The molecule has 0 aromatic heterocycles. The van der Waals surface area contributed by atoms with E-state index in [0.717, 1.165) is 4.90 Å². The van der Waals surface area contributed by atoms with Crippen molar-refractivity contribution in [1.82, 2.24) is 5.32 Å². The molecule has 3 aromatic rings. The molecule has 1 saturated heterocycles. The molecule has 1 aliphatic rings. The summed E-state index contributed by atoms with van der Waals surface area (Å²) in [5, 5.41) is 2.21. The number of nitrogens with zero attached hydrogens (tertiary/aromatic N) is 1. The number of thiocarbonyl (C=S) groups is 1. The van der Waals surface area contributed by atoms with Crippen LogP contribution in [0.5, 0.6) is 5.75 Å². The third-order valence-corrected chi connectivity index (χ3v) is 5.71. The predicted octanol–water partition coefficient (Wildman–Crippen LogP) is 5.14. The van der Waals surface area contributed by atoms with Gasteiger partial charge in [-0.05, 0) is 70.1 Å². The fourth-order valence-corrected chi connectivity index (χ4v) is 3.96. The summed E-state index contributed by atoms with van der Waals surface area (Å²) < 4.78 is 34.3. The third-order valence-electron chi connectivity index (χ3n) is 4.80. The molecule has 0 atom stereocenters. The highest BCUT2D eigenvalue weighted by atomic mass is 79.9. The second kappa shape index (κ2) is 9.60. The summed E-state index contributed by atoms with van der Waals surface area (Å²) in [6, 6.07) is 16.8. The number of hydrogen-bond donors (Lipinski definition) is 1. The predicted molar refractivity (Wildman–Crippen MR) is 127 cm³/mol. The Morgan fingerprint density at radius 3 is 2.39 bits per heavy atom. The van der Waals surface area contributed by atoms with Gasteiger partial charge in [0.15, 0.2) is 5.11 Å². The molecule has 0 saturated carbocycles. The number of para-hydroxylation sites is 1. The van der Waals surface area contributed by atoms with E-state index in [9.17, 15) is 18.4 Å². The lowest BCUT2D eigenvalue weighted by Gasteiger charge is -2.29. The van der Waals surface area contributed by atoms with Crippen molar-refractivity contribution >= 4 is 56.8 Å². The van der Waals surface area contributed by atoms with Crippen molar-refractivity contribution in [3.63, 3.8) is 0 Å². The Morgan fingerprint density at radius 1 is 1.00 bits per heavy atom. The van der Waals surface area contributed by atoms with Gasteiger partial charge in [-0.25, -0.2) is 13.7 Å². The van der Waals surface area contributed by atoms with E-state index >= 15 is 0 Å². The minimum absolute atomic E-state index is 0.0294. The van der Waals surface area contributed by atoms with E-state index < -0.39 is 17.6 Å². The van der Waals surface area contributed by atoms with Crippen molar-refractivity contribution in [2.75, 3.05) is 4.90 Å². The van der Waals surface area contributed by atoms with Crippen LogP contribution in [0.4, 0.5) is 14.5 Å². The number of carbonyl (C=O) groups excluding carboxylic acids is 2. The van der Waals surface area contributed by atoms with Crippen LogP contribution in [0.1, 0.15) is 11.1 Å². The van der Waals surface area contributed by atoms with Crippen molar-refractivity contribution < 1.29 is 23.1 Å². The van der Waals surface area contributed by atoms with E-state index in [2.05, 4.69) is 21.2 Å². The van der Waals surface area contributed by atoms with Crippen molar-refractivity contribution in [2.45, 2.75) is 6.61 Å². The standard InChI is InChI=1S/C24H15BrF2N2O3S/c25-17-12-14(9-10-21(17)32-13-15-5-1-2-6-18(15)26)11-16-22(30)28-24(33)29(23(16)31)20-8-4-3-7-19(20)27/h1-12H,13H2,(H,28,30,33)/b16-11+. The van der Waals surface area contributed by atoms with Crippen LogP contribution in [0.25, 0.3) is 6.08 Å². The maximum absolute atomic E-state index is 14.3. The van der Waals surface area contributed by atoms with Crippen molar-refractivity contribution in [2.24, 2.45) is 0 Å². The Bertz CT molecular complexity index is 1310. The zero-order chi connectivity index (χ0) is 23.5. The molecule has 0 radical (unpaired) electrons. The van der Waals surface area contributed by atoms with E-state index in [1.165, 1.54) is 30.3 Å². The number of amides is 2. The molecular weight excluding hydrogens is 514 g/mol. The molecule has 1 aliphatic heterocycles. The molecular formula is C24H15BrF2N2O3S. The van der Waals surface area contributed by atoms with Gasteiger partial charge < -0.3 is 4.74 Å². The Balaban J connectivity index is 1.58. The van der Waals surface area contributed by atoms with Crippen LogP contribution in [0, 0.1) is 11.6 Å². The first-order chi connectivity index (χ1) is 15.8. The van der Waals surface area contributed by atoms with Gasteiger partial charge in [0.1, 0.15) is 29.6 Å². The monoisotopic (exact) mass is 528 g/mol. The summed E-state index contributed by atoms with van der Waals surface area (Å²) in [6.45, 7) is 0.0294. The summed E-state index contributed by atoms with van der Waals surface area (Å²) in [5.41, 5.74) is 0.652. The molecule has 1 heterocycles. The van der Waals surface area contributed by atoms with Gasteiger partial charge in [0.05, 0.1) is 10.2 Å². The number of nitrogens with one attached hydrogen (secondary N) is 1. The molecule has 4 rings (SSSR count). The minimum atomic E-state index is -0.746. The van der Waals surface area contributed by atoms with Crippen molar-refractivity contribution in [3.05, 3.63) is 99.5 Å². The zero-order valence-electron chi connectivity index (χ0n) is 16.8. The van der Waals surface area contributed by atoms with Crippen LogP contribution in [0.2, 0.25) is 0 Å². The molecule has 0 unspecified atom stereocenters. The highest BCUT2D eigenvalue weighted by molar-refractivity contribution is 9.10. The molecule has 0 spiro atoms. The Morgan fingerprint density at radius 2 is 1.70 bits per heavy atom. The lowest BCUT2D eigenvalue weighted by molar-refractivity contribution is -0.122. The SMILES string of the molecule is O=C1NC(=S)N(c2ccccc2F)C(=O)/C1=C/c1ccc(OCc2ccccc2F)c(Br)c1.